The summed E-state index contributed by atoms with van der Waals surface area (Å²) in [6.07, 6.45) is 4.47. The van der Waals surface area contributed by atoms with E-state index in [0.717, 1.165) is 18.9 Å². The minimum absolute atomic E-state index is 0.229. The molecule has 0 atom stereocenters. The van der Waals surface area contributed by atoms with Crippen LogP contribution in [0.4, 0.5) is 4.39 Å². The molecule has 1 aromatic rings. The summed E-state index contributed by atoms with van der Waals surface area (Å²) >= 11 is 5.94. The normalized spacial score (nSPS) is 17.5. The molecule has 0 unspecified atom stereocenters. The van der Waals surface area contributed by atoms with Crippen molar-refractivity contribution in [3.63, 3.8) is 0 Å². The highest BCUT2D eigenvalue weighted by Crippen LogP contribution is 2.48. The van der Waals surface area contributed by atoms with Gasteiger partial charge in [-0.05, 0) is 31.4 Å². The van der Waals surface area contributed by atoms with Crippen molar-refractivity contribution in [2.75, 3.05) is 0 Å². The lowest BCUT2D eigenvalue weighted by atomic mass is 9.85. The van der Waals surface area contributed by atoms with E-state index >= 15 is 0 Å². The number of hydrogen-bond acceptors (Lipinski definition) is 3. The molecule has 5 heteroatoms. The summed E-state index contributed by atoms with van der Waals surface area (Å²) in [6, 6.07) is 1.07. The zero-order valence-corrected chi connectivity index (χ0v) is 10.7. The largest absolute Gasteiger partial charge is 0.505 e. The summed E-state index contributed by atoms with van der Waals surface area (Å²) in [5.74, 6) is -1.24. The molecule has 18 heavy (non-hydrogen) atoms. The number of benzene rings is 1. The SMILES string of the molecule is Cc1c(Cl)cc(F)c(O)c1C1(N=C=O)CCCC1. The van der Waals surface area contributed by atoms with Gasteiger partial charge in [-0.1, -0.05) is 24.4 Å². The monoisotopic (exact) mass is 269 g/mol. The lowest BCUT2D eigenvalue weighted by Gasteiger charge is -2.26. The Kier molecular flexibility index (Phi) is 3.42. The second kappa shape index (κ2) is 4.71. The number of halogens is 2. The van der Waals surface area contributed by atoms with Crippen molar-refractivity contribution in [2.24, 2.45) is 4.99 Å². The van der Waals surface area contributed by atoms with Gasteiger partial charge in [-0.15, -0.1) is 0 Å². The third-order valence-electron chi connectivity index (χ3n) is 3.61. The Hall–Kier alpha value is -1.38. The molecule has 1 fully saturated rings. The third kappa shape index (κ3) is 1.92. The Bertz CT molecular complexity index is 506. The van der Waals surface area contributed by atoms with Crippen LogP contribution in [-0.4, -0.2) is 11.2 Å². The molecule has 1 saturated carbocycles. The Labute approximate surface area is 109 Å². The van der Waals surface area contributed by atoms with Crippen LogP contribution >= 0.6 is 11.6 Å². The molecule has 0 aliphatic heterocycles. The molecule has 1 aromatic carbocycles. The van der Waals surface area contributed by atoms with Gasteiger partial charge in [0.25, 0.3) is 0 Å². The standard InChI is InChI=1S/C13H13ClFNO2/c1-8-9(14)6-10(15)12(18)11(8)13(16-7-17)4-2-3-5-13/h6,18H,2-5H2,1H3. The highest BCUT2D eigenvalue weighted by atomic mass is 35.5. The van der Waals surface area contributed by atoms with Crippen LogP contribution in [-0.2, 0) is 10.3 Å². The van der Waals surface area contributed by atoms with E-state index in [1.807, 2.05) is 0 Å². The molecule has 0 bridgehead atoms. The fourth-order valence-corrected chi connectivity index (χ4v) is 2.93. The maximum atomic E-state index is 13.6. The Morgan fingerprint density at radius 1 is 1.50 bits per heavy atom. The number of phenols is 1. The first-order valence-electron chi connectivity index (χ1n) is 5.79. The van der Waals surface area contributed by atoms with Gasteiger partial charge in [-0.25, -0.2) is 9.18 Å². The minimum Gasteiger partial charge on any atom is -0.505 e. The van der Waals surface area contributed by atoms with Crippen molar-refractivity contribution < 1.29 is 14.3 Å². The van der Waals surface area contributed by atoms with Crippen molar-refractivity contribution >= 4 is 17.7 Å². The molecule has 0 heterocycles. The van der Waals surface area contributed by atoms with Gasteiger partial charge in [0.15, 0.2) is 11.6 Å². The molecule has 0 amide bonds. The average Bonchev–Trinajstić information content (AvgIpc) is 2.77. The molecule has 96 valence electrons. The van der Waals surface area contributed by atoms with Crippen LogP contribution in [0.5, 0.6) is 5.75 Å². The fraction of sp³-hybridized carbons (Fsp3) is 0.462. The summed E-state index contributed by atoms with van der Waals surface area (Å²) in [5.41, 5.74) is 0.0200. The fourth-order valence-electron chi connectivity index (χ4n) is 2.74. The predicted octanol–water partition coefficient (Wildman–Crippen LogP) is 3.60. The molecule has 1 aliphatic rings. The zero-order chi connectivity index (χ0) is 13.3. The van der Waals surface area contributed by atoms with Crippen LogP contribution in [0.3, 0.4) is 0 Å². The molecule has 3 nitrogen and oxygen atoms in total. The number of aliphatic imine (C=N–C) groups is 1. The van der Waals surface area contributed by atoms with Gasteiger partial charge in [-0.3, -0.25) is 0 Å². The Morgan fingerprint density at radius 3 is 2.67 bits per heavy atom. The summed E-state index contributed by atoms with van der Waals surface area (Å²) in [7, 11) is 0. The molecule has 0 spiro atoms. The van der Waals surface area contributed by atoms with E-state index in [9.17, 15) is 14.3 Å². The van der Waals surface area contributed by atoms with Crippen LogP contribution in [0, 0.1) is 12.7 Å². The van der Waals surface area contributed by atoms with Crippen LogP contribution in [0.2, 0.25) is 5.02 Å². The van der Waals surface area contributed by atoms with Gasteiger partial charge in [0.05, 0.1) is 0 Å². The van der Waals surface area contributed by atoms with E-state index in [1.165, 1.54) is 0 Å². The molecule has 1 aliphatic carbocycles. The van der Waals surface area contributed by atoms with Crippen molar-refractivity contribution in [3.05, 3.63) is 28.0 Å². The molecule has 0 aromatic heterocycles. The van der Waals surface area contributed by atoms with Crippen LogP contribution in [0.1, 0.15) is 36.8 Å². The van der Waals surface area contributed by atoms with Crippen LogP contribution in [0.15, 0.2) is 11.1 Å². The number of hydrogen-bond donors (Lipinski definition) is 1. The van der Waals surface area contributed by atoms with Gasteiger partial charge < -0.3 is 5.11 Å². The third-order valence-corrected chi connectivity index (χ3v) is 4.00. The number of carbonyl (C=O) groups excluding carboxylic acids is 1. The lowest BCUT2D eigenvalue weighted by molar-refractivity contribution is 0.384. The smallest absolute Gasteiger partial charge is 0.235 e. The second-order valence-electron chi connectivity index (χ2n) is 4.63. The first-order valence-corrected chi connectivity index (χ1v) is 6.17. The van der Waals surface area contributed by atoms with E-state index in [1.54, 1.807) is 13.0 Å². The number of nitrogens with zero attached hydrogens (tertiary/aromatic N) is 1. The summed E-state index contributed by atoms with van der Waals surface area (Å²) in [5, 5.41) is 10.2. The molecule has 0 saturated heterocycles. The molecule has 1 N–H and O–H groups in total. The average molecular weight is 270 g/mol. The summed E-state index contributed by atoms with van der Waals surface area (Å²) in [6.45, 7) is 1.69. The maximum absolute atomic E-state index is 13.6. The quantitative estimate of drug-likeness (QED) is 0.659. The van der Waals surface area contributed by atoms with Crippen LogP contribution in [0.25, 0.3) is 0 Å². The van der Waals surface area contributed by atoms with Gasteiger partial charge in [0, 0.05) is 10.6 Å². The van der Waals surface area contributed by atoms with Gasteiger partial charge in [0.2, 0.25) is 6.08 Å². The molecular weight excluding hydrogens is 257 g/mol. The highest BCUT2D eigenvalue weighted by molar-refractivity contribution is 6.31. The summed E-state index contributed by atoms with van der Waals surface area (Å²) < 4.78 is 13.6. The number of phenolic OH excluding ortho intramolecular Hbond substituents is 1. The summed E-state index contributed by atoms with van der Waals surface area (Å²) in [4.78, 5) is 14.5. The van der Waals surface area contributed by atoms with Crippen molar-refractivity contribution in [1.82, 2.24) is 0 Å². The first kappa shape index (κ1) is 13.1. The number of rotatable bonds is 2. The van der Waals surface area contributed by atoms with E-state index in [-0.39, 0.29) is 5.02 Å². The number of isocyanates is 1. The van der Waals surface area contributed by atoms with Gasteiger partial charge in [-0.2, -0.15) is 4.99 Å². The second-order valence-corrected chi connectivity index (χ2v) is 5.04. The Balaban J connectivity index is 2.72. The van der Waals surface area contributed by atoms with Crippen molar-refractivity contribution in [3.8, 4) is 5.75 Å². The number of aromatic hydroxyl groups is 1. The molecule has 2 rings (SSSR count). The zero-order valence-electron chi connectivity index (χ0n) is 9.96. The minimum atomic E-state index is -0.873. The molecule has 0 radical (unpaired) electrons. The van der Waals surface area contributed by atoms with E-state index < -0.39 is 17.1 Å². The van der Waals surface area contributed by atoms with Crippen molar-refractivity contribution in [1.29, 1.82) is 0 Å². The first-order chi connectivity index (χ1) is 8.52. The lowest BCUT2D eigenvalue weighted by Crippen LogP contribution is -2.21. The van der Waals surface area contributed by atoms with E-state index in [2.05, 4.69) is 4.99 Å². The Morgan fingerprint density at radius 2 is 2.11 bits per heavy atom. The van der Waals surface area contributed by atoms with E-state index in [4.69, 9.17) is 11.6 Å². The topological polar surface area (TPSA) is 49.7 Å². The van der Waals surface area contributed by atoms with Crippen LogP contribution < -0.4 is 0 Å². The van der Waals surface area contributed by atoms with Gasteiger partial charge in [0.1, 0.15) is 5.54 Å². The predicted molar refractivity (Wildman–Crippen MR) is 66.1 cm³/mol. The van der Waals surface area contributed by atoms with E-state index in [0.29, 0.717) is 24.0 Å². The highest BCUT2D eigenvalue weighted by Gasteiger charge is 2.40. The van der Waals surface area contributed by atoms with Crippen molar-refractivity contribution in [2.45, 2.75) is 38.1 Å². The maximum Gasteiger partial charge on any atom is 0.235 e. The molecular formula is C13H13ClFNO2. The van der Waals surface area contributed by atoms with Gasteiger partial charge >= 0.3 is 0 Å².